The number of carbonyl (C=O) groups is 1. The predicted octanol–water partition coefficient (Wildman–Crippen LogP) is 0.633. The van der Waals surface area contributed by atoms with Crippen LogP contribution in [0.25, 0.3) is 0 Å². The number of halogens is 2. The summed E-state index contributed by atoms with van der Waals surface area (Å²) < 4.78 is 31.2. The first kappa shape index (κ1) is 13.2. The van der Waals surface area contributed by atoms with Crippen molar-refractivity contribution < 1.29 is 28.5 Å². The normalized spacial score (nSPS) is 12.2. The molecule has 1 unspecified atom stereocenters. The Balaban J connectivity index is 3.16. The number of benzene rings is 1. The molecule has 0 amide bonds. The van der Waals surface area contributed by atoms with Gasteiger partial charge < -0.3 is 20.7 Å². The molecular formula is C10H11F2NO4. The maximum absolute atomic E-state index is 13.4. The first-order valence-corrected chi connectivity index (χ1v) is 4.60. The molecule has 0 saturated heterocycles. The highest BCUT2D eigenvalue weighted by Crippen LogP contribution is 2.31. The highest BCUT2D eigenvalue weighted by molar-refractivity contribution is 5.73. The van der Waals surface area contributed by atoms with E-state index in [0.29, 0.717) is 0 Å². The highest BCUT2D eigenvalue weighted by Gasteiger charge is 2.22. The van der Waals surface area contributed by atoms with Crippen LogP contribution >= 0.6 is 0 Å². The van der Waals surface area contributed by atoms with E-state index in [1.807, 2.05) is 0 Å². The molecule has 5 nitrogen and oxygen atoms in total. The average Bonchev–Trinajstić information content (AvgIpc) is 2.29. The molecule has 17 heavy (non-hydrogen) atoms. The van der Waals surface area contributed by atoms with E-state index in [0.717, 1.165) is 13.2 Å². The van der Waals surface area contributed by atoms with Gasteiger partial charge in [0.05, 0.1) is 7.11 Å². The SMILES string of the molecule is COc1cc(CC(N)C(=O)O)c(F)c(O)c1F. The summed E-state index contributed by atoms with van der Waals surface area (Å²) >= 11 is 0. The number of nitrogens with two attached hydrogens (primary N) is 1. The fraction of sp³-hybridized carbons (Fsp3) is 0.300. The summed E-state index contributed by atoms with van der Waals surface area (Å²) in [5, 5.41) is 17.7. The van der Waals surface area contributed by atoms with E-state index in [1.54, 1.807) is 0 Å². The van der Waals surface area contributed by atoms with E-state index < -0.39 is 29.4 Å². The minimum Gasteiger partial charge on any atom is -0.503 e. The molecule has 1 aromatic carbocycles. The van der Waals surface area contributed by atoms with Crippen molar-refractivity contribution in [2.24, 2.45) is 5.73 Å². The Morgan fingerprint density at radius 3 is 2.59 bits per heavy atom. The lowest BCUT2D eigenvalue weighted by molar-refractivity contribution is -0.138. The van der Waals surface area contributed by atoms with Gasteiger partial charge in [0, 0.05) is 6.42 Å². The van der Waals surface area contributed by atoms with Crippen molar-refractivity contribution in [3.05, 3.63) is 23.3 Å². The summed E-state index contributed by atoms with van der Waals surface area (Å²) in [6, 6.07) is -0.383. The first-order chi connectivity index (χ1) is 7.88. The van der Waals surface area contributed by atoms with Gasteiger partial charge in [-0.25, -0.2) is 4.39 Å². The van der Waals surface area contributed by atoms with Crippen molar-refractivity contribution in [3.8, 4) is 11.5 Å². The fourth-order valence-electron chi connectivity index (χ4n) is 1.27. The molecular weight excluding hydrogens is 236 g/mol. The summed E-state index contributed by atoms with van der Waals surface area (Å²) in [6.07, 6.45) is -0.384. The van der Waals surface area contributed by atoms with Crippen LogP contribution in [0.5, 0.6) is 11.5 Å². The average molecular weight is 247 g/mol. The van der Waals surface area contributed by atoms with Gasteiger partial charge in [0.1, 0.15) is 6.04 Å². The topological polar surface area (TPSA) is 92.8 Å². The Labute approximate surface area is 95.4 Å². The molecule has 0 spiro atoms. The lowest BCUT2D eigenvalue weighted by Crippen LogP contribution is -2.32. The van der Waals surface area contributed by atoms with Gasteiger partial charge in [-0.05, 0) is 11.6 Å². The van der Waals surface area contributed by atoms with Crippen molar-refractivity contribution in [1.82, 2.24) is 0 Å². The van der Waals surface area contributed by atoms with Crippen LogP contribution in [0, 0.1) is 11.6 Å². The molecule has 0 aliphatic rings. The van der Waals surface area contributed by atoms with E-state index in [-0.39, 0.29) is 17.7 Å². The Morgan fingerprint density at radius 1 is 1.53 bits per heavy atom. The number of carboxylic acid groups (broad SMARTS) is 1. The predicted molar refractivity (Wildman–Crippen MR) is 53.9 cm³/mol. The number of hydrogen-bond acceptors (Lipinski definition) is 4. The maximum Gasteiger partial charge on any atom is 0.320 e. The number of rotatable bonds is 4. The number of methoxy groups -OCH3 is 1. The lowest BCUT2D eigenvalue weighted by Gasteiger charge is -2.11. The van der Waals surface area contributed by atoms with Crippen molar-refractivity contribution >= 4 is 5.97 Å². The largest absolute Gasteiger partial charge is 0.503 e. The monoisotopic (exact) mass is 247 g/mol. The summed E-state index contributed by atoms with van der Waals surface area (Å²) in [6.45, 7) is 0. The summed E-state index contributed by atoms with van der Waals surface area (Å²) in [7, 11) is 1.14. The fourth-order valence-corrected chi connectivity index (χ4v) is 1.27. The van der Waals surface area contributed by atoms with Crippen LogP contribution in [0.15, 0.2) is 6.07 Å². The van der Waals surface area contributed by atoms with Gasteiger partial charge in [-0.2, -0.15) is 4.39 Å². The van der Waals surface area contributed by atoms with E-state index in [1.165, 1.54) is 0 Å². The zero-order valence-corrected chi connectivity index (χ0v) is 8.91. The van der Waals surface area contributed by atoms with Gasteiger partial charge in [0.2, 0.25) is 5.82 Å². The molecule has 7 heteroatoms. The Bertz CT molecular complexity index is 450. The lowest BCUT2D eigenvalue weighted by atomic mass is 10.0. The van der Waals surface area contributed by atoms with E-state index in [4.69, 9.17) is 15.9 Å². The standard InChI is InChI=1S/C10H11F2NO4/c1-17-6-3-4(2-5(13)10(15)16)7(11)9(14)8(6)12/h3,5,14H,2,13H2,1H3,(H,15,16). The number of carboxylic acids is 1. The third-order valence-corrected chi connectivity index (χ3v) is 2.20. The van der Waals surface area contributed by atoms with E-state index in [9.17, 15) is 13.6 Å². The highest BCUT2D eigenvalue weighted by atomic mass is 19.1. The summed E-state index contributed by atoms with van der Waals surface area (Å²) in [4.78, 5) is 10.5. The molecule has 0 fully saturated rings. The Morgan fingerprint density at radius 2 is 2.12 bits per heavy atom. The van der Waals surface area contributed by atoms with Crippen LogP contribution in [-0.2, 0) is 11.2 Å². The second-order valence-corrected chi connectivity index (χ2v) is 3.36. The molecule has 0 aromatic heterocycles. The Kier molecular flexibility index (Phi) is 3.84. The van der Waals surface area contributed by atoms with Crippen LogP contribution in [0.4, 0.5) is 8.78 Å². The van der Waals surface area contributed by atoms with Crippen LogP contribution in [-0.4, -0.2) is 29.3 Å². The summed E-state index contributed by atoms with van der Waals surface area (Å²) in [5.74, 6) is -5.39. The van der Waals surface area contributed by atoms with Gasteiger partial charge in [-0.3, -0.25) is 4.79 Å². The van der Waals surface area contributed by atoms with Gasteiger partial charge in [-0.1, -0.05) is 0 Å². The molecule has 4 N–H and O–H groups in total. The number of aromatic hydroxyl groups is 1. The molecule has 1 rings (SSSR count). The maximum atomic E-state index is 13.4. The number of hydrogen-bond donors (Lipinski definition) is 3. The minimum atomic E-state index is -1.35. The van der Waals surface area contributed by atoms with Gasteiger partial charge in [0.15, 0.2) is 17.3 Å². The third kappa shape index (κ3) is 2.62. The molecule has 0 aliphatic heterocycles. The number of phenols is 1. The Hall–Kier alpha value is -1.89. The van der Waals surface area contributed by atoms with Crippen LogP contribution in [0.3, 0.4) is 0 Å². The van der Waals surface area contributed by atoms with Crippen LogP contribution in [0.2, 0.25) is 0 Å². The second kappa shape index (κ2) is 4.96. The van der Waals surface area contributed by atoms with Gasteiger partial charge >= 0.3 is 5.97 Å². The molecule has 0 saturated carbocycles. The quantitative estimate of drug-likeness (QED) is 0.725. The first-order valence-electron chi connectivity index (χ1n) is 4.60. The number of phenolic OH excluding ortho intramolecular Hbond substituents is 1. The smallest absolute Gasteiger partial charge is 0.320 e. The zero-order valence-electron chi connectivity index (χ0n) is 8.91. The van der Waals surface area contributed by atoms with Crippen molar-refractivity contribution in [2.45, 2.75) is 12.5 Å². The van der Waals surface area contributed by atoms with Crippen molar-refractivity contribution in [1.29, 1.82) is 0 Å². The molecule has 0 bridgehead atoms. The molecule has 0 heterocycles. The zero-order chi connectivity index (χ0) is 13.2. The van der Waals surface area contributed by atoms with Gasteiger partial charge in [-0.15, -0.1) is 0 Å². The molecule has 0 aliphatic carbocycles. The van der Waals surface area contributed by atoms with E-state index >= 15 is 0 Å². The van der Waals surface area contributed by atoms with Crippen molar-refractivity contribution in [3.63, 3.8) is 0 Å². The molecule has 1 atom stereocenters. The third-order valence-electron chi connectivity index (χ3n) is 2.20. The van der Waals surface area contributed by atoms with Crippen LogP contribution in [0.1, 0.15) is 5.56 Å². The summed E-state index contributed by atoms with van der Waals surface area (Å²) in [5.41, 5.74) is 4.99. The molecule has 94 valence electrons. The molecule has 1 aromatic rings. The number of ether oxygens (including phenoxy) is 1. The van der Waals surface area contributed by atoms with Crippen LogP contribution < -0.4 is 10.5 Å². The minimum absolute atomic E-state index is 0.226. The number of aliphatic carboxylic acids is 1. The van der Waals surface area contributed by atoms with Gasteiger partial charge in [0.25, 0.3) is 0 Å². The van der Waals surface area contributed by atoms with Crippen molar-refractivity contribution in [2.75, 3.05) is 7.11 Å². The second-order valence-electron chi connectivity index (χ2n) is 3.36. The molecule has 0 radical (unpaired) electrons. The van der Waals surface area contributed by atoms with E-state index in [2.05, 4.69) is 4.74 Å².